The molecule has 1 aliphatic rings. The highest BCUT2D eigenvalue weighted by atomic mass is 16.4. The normalized spacial score (nSPS) is 17.3. The van der Waals surface area contributed by atoms with Crippen LogP contribution in [0.1, 0.15) is 22.7 Å². The molecular formula is C15H15N3O3. The zero-order chi connectivity index (χ0) is 14.8. The fourth-order valence-corrected chi connectivity index (χ4v) is 2.67. The van der Waals surface area contributed by atoms with Crippen LogP contribution in [0.15, 0.2) is 36.5 Å². The number of rotatable bonds is 3. The first-order valence-electron chi connectivity index (χ1n) is 6.72. The molecule has 2 N–H and O–H groups in total. The molecule has 1 aromatic carbocycles. The molecule has 0 bridgehead atoms. The standard InChI is InChI=1S/C15H15N3O3/c19-14(7-11-5-6-16-17-11)18-8-10-3-1-2-4-12(10)13(9-18)15(20)21/h1-6,13H,7-9H2,(H,16,17)(H,20,21). The Kier molecular flexibility index (Phi) is 3.43. The van der Waals surface area contributed by atoms with Crippen molar-refractivity contribution in [3.63, 3.8) is 0 Å². The lowest BCUT2D eigenvalue weighted by molar-refractivity contribution is -0.141. The van der Waals surface area contributed by atoms with Crippen molar-refractivity contribution in [1.29, 1.82) is 0 Å². The van der Waals surface area contributed by atoms with Gasteiger partial charge in [-0.2, -0.15) is 5.10 Å². The molecule has 0 saturated heterocycles. The summed E-state index contributed by atoms with van der Waals surface area (Å²) in [6, 6.07) is 9.13. The fourth-order valence-electron chi connectivity index (χ4n) is 2.67. The summed E-state index contributed by atoms with van der Waals surface area (Å²) in [7, 11) is 0. The average Bonchev–Trinajstić information content (AvgIpc) is 2.98. The van der Waals surface area contributed by atoms with Gasteiger partial charge in [-0.1, -0.05) is 24.3 Å². The number of amides is 1. The van der Waals surface area contributed by atoms with E-state index in [0.717, 1.165) is 16.8 Å². The number of carbonyl (C=O) groups is 2. The Morgan fingerprint density at radius 1 is 1.33 bits per heavy atom. The molecule has 2 heterocycles. The number of carboxylic acids is 1. The minimum absolute atomic E-state index is 0.0972. The van der Waals surface area contributed by atoms with E-state index in [1.165, 1.54) is 0 Å². The molecule has 0 saturated carbocycles. The summed E-state index contributed by atoms with van der Waals surface area (Å²) in [6.07, 6.45) is 1.79. The first kappa shape index (κ1) is 13.4. The number of benzene rings is 1. The maximum Gasteiger partial charge on any atom is 0.312 e. The van der Waals surface area contributed by atoms with Crippen LogP contribution in [0.3, 0.4) is 0 Å². The molecule has 0 radical (unpaired) electrons. The smallest absolute Gasteiger partial charge is 0.312 e. The lowest BCUT2D eigenvalue weighted by Gasteiger charge is -2.32. The van der Waals surface area contributed by atoms with Crippen LogP contribution < -0.4 is 0 Å². The van der Waals surface area contributed by atoms with Gasteiger partial charge in [0, 0.05) is 25.0 Å². The number of aliphatic carboxylic acids is 1. The summed E-state index contributed by atoms with van der Waals surface area (Å²) in [5.41, 5.74) is 2.43. The molecule has 6 nitrogen and oxygen atoms in total. The van der Waals surface area contributed by atoms with Crippen molar-refractivity contribution >= 4 is 11.9 Å². The van der Waals surface area contributed by atoms with E-state index in [2.05, 4.69) is 10.2 Å². The van der Waals surface area contributed by atoms with E-state index in [9.17, 15) is 14.7 Å². The van der Waals surface area contributed by atoms with Gasteiger partial charge >= 0.3 is 5.97 Å². The Morgan fingerprint density at radius 3 is 2.86 bits per heavy atom. The van der Waals surface area contributed by atoms with Crippen LogP contribution in [0.2, 0.25) is 0 Å². The molecule has 1 amide bonds. The van der Waals surface area contributed by atoms with Crippen LogP contribution in [0, 0.1) is 0 Å². The molecule has 0 fully saturated rings. The molecule has 1 unspecified atom stereocenters. The molecule has 21 heavy (non-hydrogen) atoms. The molecule has 2 aromatic rings. The number of nitrogens with one attached hydrogen (secondary N) is 1. The second-order valence-electron chi connectivity index (χ2n) is 5.12. The lowest BCUT2D eigenvalue weighted by atomic mass is 9.89. The number of carboxylic acid groups (broad SMARTS) is 1. The van der Waals surface area contributed by atoms with Crippen molar-refractivity contribution in [3.05, 3.63) is 53.3 Å². The summed E-state index contributed by atoms with van der Waals surface area (Å²) in [5.74, 6) is -1.66. The van der Waals surface area contributed by atoms with Gasteiger partial charge in [-0.05, 0) is 17.2 Å². The zero-order valence-electron chi connectivity index (χ0n) is 11.3. The highest BCUT2D eigenvalue weighted by molar-refractivity contribution is 5.82. The van der Waals surface area contributed by atoms with Gasteiger partial charge in [-0.3, -0.25) is 14.7 Å². The number of hydrogen-bond donors (Lipinski definition) is 2. The first-order valence-corrected chi connectivity index (χ1v) is 6.72. The van der Waals surface area contributed by atoms with Crippen LogP contribution in [-0.2, 0) is 22.6 Å². The Labute approximate surface area is 121 Å². The van der Waals surface area contributed by atoms with Crippen LogP contribution in [0.5, 0.6) is 0 Å². The first-order chi connectivity index (χ1) is 10.1. The van der Waals surface area contributed by atoms with Crippen molar-refractivity contribution in [3.8, 4) is 0 Å². The maximum absolute atomic E-state index is 12.3. The van der Waals surface area contributed by atoms with Crippen molar-refractivity contribution < 1.29 is 14.7 Å². The number of nitrogens with zero attached hydrogens (tertiary/aromatic N) is 2. The van der Waals surface area contributed by atoms with Gasteiger partial charge in [0.1, 0.15) is 0 Å². The Balaban J connectivity index is 1.82. The predicted octanol–water partition coefficient (Wildman–Crippen LogP) is 1.16. The summed E-state index contributed by atoms with van der Waals surface area (Å²) < 4.78 is 0. The van der Waals surface area contributed by atoms with E-state index in [1.54, 1.807) is 17.2 Å². The lowest BCUT2D eigenvalue weighted by Crippen LogP contribution is -2.41. The highest BCUT2D eigenvalue weighted by Crippen LogP contribution is 2.28. The minimum Gasteiger partial charge on any atom is -0.481 e. The summed E-state index contributed by atoms with van der Waals surface area (Å²) in [6.45, 7) is 0.659. The summed E-state index contributed by atoms with van der Waals surface area (Å²) >= 11 is 0. The van der Waals surface area contributed by atoms with Gasteiger partial charge in [0.15, 0.2) is 0 Å². The van der Waals surface area contributed by atoms with Gasteiger partial charge < -0.3 is 10.0 Å². The molecule has 1 atom stereocenters. The van der Waals surface area contributed by atoms with Gasteiger partial charge in [0.25, 0.3) is 0 Å². The van der Waals surface area contributed by atoms with Gasteiger partial charge in [-0.15, -0.1) is 0 Å². The Morgan fingerprint density at radius 2 is 2.14 bits per heavy atom. The molecular weight excluding hydrogens is 270 g/mol. The van der Waals surface area contributed by atoms with E-state index in [4.69, 9.17) is 0 Å². The summed E-state index contributed by atoms with van der Waals surface area (Å²) in [4.78, 5) is 25.4. The van der Waals surface area contributed by atoms with E-state index < -0.39 is 11.9 Å². The molecule has 3 rings (SSSR count). The maximum atomic E-state index is 12.3. The number of fused-ring (bicyclic) bond motifs is 1. The predicted molar refractivity (Wildman–Crippen MR) is 74.5 cm³/mol. The van der Waals surface area contributed by atoms with Crippen molar-refractivity contribution in [2.75, 3.05) is 6.54 Å². The topological polar surface area (TPSA) is 86.3 Å². The van der Waals surface area contributed by atoms with Gasteiger partial charge in [0.05, 0.1) is 12.3 Å². The van der Waals surface area contributed by atoms with E-state index in [1.807, 2.05) is 24.3 Å². The van der Waals surface area contributed by atoms with E-state index >= 15 is 0 Å². The second kappa shape index (κ2) is 5.40. The fraction of sp³-hybridized carbons (Fsp3) is 0.267. The largest absolute Gasteiger partial charge is 0.481 e. The number of carbonyl (C=O) groups excluding carboxylic acids is 1. The van der Waals surface area contributed by atoms with Gasteiger partial charge in [0.2, 0.25) is 5.91 Å². The number of H-pyrrole nitrogens is 1. The number of aromatic nitrogens is 2. The highest BCUT2D eigenvalue weighted by Gasteiger charge is 2.32. The number of aromatic amines is 1. The molecule has 0 aliphatic carbocycles. The second-order valence-corrected chi connectivity index (χ2v) is 5.12. The third-order valence-electron chi connectivity index (χ3n) is 3.75. The number of hydrogen-bond acceptors (Lipinski definition) is 3. The van der Waals surface area contributed by atoms with Crippen molar-refractivity contribution in [1.82, 2.24) is 15.1 Å². The molecule has 0 spiro atoms. The Bertz CT molecular complexity index is 667. The van der Waals surface area contributed by atoms with E-state index in [-0.39, 0.29) is 18.9 Å². The minimum atomic E-state index is -0.901. The van der Waals surface area contributed by atoms with E-state index in [0.29, 0.717) is 6.54 Å². The third kappa shape index (κ3) is 2.65. The average molecular weight is 285 g/mol. The SMILES string of the molecule is O=C(O)C1CN(C(=O)Cc2ccn[nH]2)Cc2ccccc21. The summed E-state index contributed by atoms with van der Waals surface area (Å²) in [5, 5.41) is 15.9. The monoisotopic (exact) mass is 285 g/mol. The quantitative estimate of drug-likeness (QED) is 0.886. The molecule has 1 aromatic heterocycles. The van der Waals surface area contributed by atoms with Crippen LogP contribution >= 0.6 is 0 Å². The molecule has 1 aliphatic heterocycles. The van der Waals surface area contributed by atoms with Crippen LogP contribution in [0.25, 0.3) is 0 Å². The molecule has 6 heteroatoms. The van der Waals surface area contributed by atoms with Crippen LogP contribution in [-0.4, -0.2) is 38.6 Å². The van der Waals surface area contributed by atoms with Crippen molar-refractivity contribution in [2.45, 2.75) is 18.9 Å². The zero-order valence-corrected chi connectivity index (χ0v) is 11.3. The Hall–Kier alpha value is -2.63. The van der Waals surface area contributed by atoms with Crippen LogP contribution in [0.4, 0.5) is 0 Å². The molecule has 108 valence electrons. The third-order valence-corrected chi connectivity index (χ3v) is 3.75. The van der Waals surface area contributed by atoms with Crippen molar-refractivity contribution in [2.24, 2.45) is 0 Å². The van der Waals surface area contributed by atoms with Gasteiger partial charge in [-0.25, -0.2) is 0 Å².